The fraction of sp³-hybridized carbons (Fsp3) is 0. The van der Waals surface area contributed by atoms with Crippen molar-refractivity contribution >= 4 is 39.5 Å². The summed E-state index contributed by atoms with van der Waals surface area (Å²) in [6.07, 6.45) is 0. The Hall–Kier alpha value is -2.38. The van der Waals surface area contributed by atoms with Gasteiger partial charge in [0, 0.05) is 11.1 Å². The molecule has 3 aromatic rings. The van der Waals surface area contributed by atoms with E-state index in [1.54, 1.807) is 17.4 Å². The van der Waals surface area contributed by atoms with E-state index < -0.39 is 5.97 Å². The van der Waals surface area contributed by atoms with Crippen LogP contribution >= 0.6 is 22.7 Å². The number of benzene rings is 1. The maximum Gasteiger partial charge on any atom is 0.339 e. The molecule has 1 aromatic carbocycles. The molecule has 0 saturated carbocycles. The van der Waals surface area contributed by atoms with Crippen LogP contribution in [0.4, 0.5) is 10.8 Å². The predicted molar refractivity (Wildman–Crippen MR) is 83.8 cm³/mol. The molecule has 0 saturated heterocycles. The quantitative estimate of drug-likeness (QED) is 0.633. The molecule has 106 valence electrons. The van der Waals surface area contributed by atoms with Gasteiger partial charge in [-0.3, -0.25) is 0 Å². The van der Waals surface area contributed by atoms with Gasteiger partial charge in [0.15, 0.2) is 5.13 Å². The molecule has 0 unspecified atom stereocenters. The highest BCUT2D eigenvalue weighted by Gasteiger charge is 2.11. The number of thiazole rings is 1. The smallest absolute Gasteiger partial charge is 0.339 e. The zero-order valence-corrected chi connectivity index (χ0v) is 12.2. The van der Waals surface area contributed by atoms with Crippen molar-refractivity contribution in [3.8, 4) is 16.3 Å². The molecule has 21 heavy (non-hydrogen) atoms. The van der Waals surface area contributed by atoms with Crippen LogP contribution < -0.4 is 5.32 Å². The van der Waals surface area contributed by atoms with Crippen molar-refractivity contribution in [3.63, 3.8) is 0 Å². The average Bonchev–Trinajstić information content (AvgIpc) is 3.11. The van der Waals surface area contributed by atoms with E-state index in [2.05, 4.69) is 10.3 Å². The van der Waals surface area contributed by atoms with E-state index in [0.717, 1.165) is 10.6 Å². The normalized spacial score (nSPS) is 10.5. The molecule has 7 heteroatoms. The van der Waals surface area contributed by atoms with Crippen LogP contribution in [-0.2, 0) is 0 Å². The molecular weight excluding hydrogens is 308 g/mol. The van der Waals surface area contributed by atoms with Crippen molar-refractivity contribution in [2.75, 3.05) is 5.32 Å². The van der Waals surface area contributed by atoms with Gasteiger partial charge in [0.1, 0.15) is 11.3 Å². The summed E-state index contributed by atoms with van der Waals surface area (Å²) in [5.74, 6) is -1.43. The van der Waals surface area contributed by atoms with Crippen LogP contribution in [0, 0.1) is 0 Å². The molecule has 2 aromatic heterocycles. The number of rotatable bonds is 4. The van der Waals surface area contributed by atoms with Crippen molar-refractivity contribution in [1.82, 2.24) is 4.98 Å². The summed E-state index contributed by atoms with van der Waals surface area (Å²) in [5.41, 5.74) is 1.31. The minimum atomic E-state index is -1.17. The first-order valence-electron chi connectivity index (χ1n) is 5.96. The average molecular weight is 318 g/mol. The van der Waals surface area contributed by atoms with E-state index in [-0.39, 0.29) is 11.3 Å². The van der Waals surface area contributed by atoms with Gasteiger partial charge in [-0.2, -0.15) is 0 Å². The van der Waals surface area contributed by atoms with Crippen LogP contribution in [0.5, 0.6) is 5.75 Å². The van der Waals surface area contributed by atoms with Gasteiger partial charge in [0.2, 0.25) is 0 Å². The Bertz CT molecular complexity index is 781. The Kier molecular flexibility index (Phi) is 3.59. The molecule has 0 amide bonds. The van der Waals surface area contributed by atoms with Crippen molar-refractivity contribution in [2.45, 2.75) is 0 Å². The molecule has 0 aliphatic rings. The number of carboxylic acid groups (broad SMARTS) is 1. The van der Waals surface area contributed by atoms with Crippen LogP contribution in [0.3, 0.4) is 0 Å². The summed E-state index contributed by atoms with van der Waals surface area (Å²) in [4.78, 5) is 16.5. The third kappa shape index (κ3) is 2.88. The third-order valence-corrected chi connectivity index (χ3v) is 4.41. The second-order valence-corrected chi connectivity index (χ2v) is 5.98. The Balaban J connectivity index is 1.84. The largest absolute Gasteiger partial charge is 0.507 e. The Labute approximate surface area is 128 Å². The van der Waals surface area contributed by atoms with Gasteiger partial charge >= 0.3 is 5.97 Å². The second kappa shape index (κ2) is 5.55. The van der Waals surface area contributed by atoms with E-state index in [9.17, 15) is 9.90 Å². The maximum atomic E-state index is 11.0. The number of carboxylic acids is 1. The van der Waals surface area contributed by atoms with E-state index in [4.69, 9.17) is 5.11 Å². The van der Waals surface area contributed by atoms with Crippen LogP contribution in [-0.4, -0.2) is 21.2 Å². The fourth-order valence-corrected chi connectivity index (χ4v) is 3.27. The van der Waals surface area contributed by atoms with Crippen molar-refractivity contribution in [3.05, 3.63) is 46.7 Å². The summed E-state index contributed by atoms with van der Waals surface area (Å²) in [6.45, 7) is 0. The molecule has 0 aliphatic heterocycles. The number of anilines is 2. The zero-order valence-electron chi connectivity index (χ0n) is 10.6. The first-order chi connectivity index (χ1) is 10.1. The highest BCUT2D eigenvalue weighted by atomic mass is 32.1. The van der Waals surface area contributed by atoms with Crippen LogP contribution in [0.25, 0.3) is 10.6 Å². The Morgan fingerprint density at radius 2 is 2.10 bits per heavy atom. The number of hydrogen-bond donors (Lipinski definition) is 3. The lowest BCUT2D eigenvalue weighted by molar-refractivity contribution is 0.0694. The molecule has 5 nitrogen and oxygen atoms in total. The molecule has 0 fully saturated rings. The van der Waals surface area contributed by atoms with Crippen molar-refractivity contribution < 1.29 is 15.0 Å². The number of aromatic hydroxyl groups is 1. The monoisotopic (exact) mass is 318 g/mol. The standard InChI is InChI=1S/C14H10N2O3S2/c17-11-4-3-8(6-9(11)13(18)19)15-14-16-10(7-21-14)12-2-1-5-20-12/h1-7,17H,(H,15,16)(H,18,19). The zero-order chi connectivity index (χ0) is 14.8. The third-order valence-electron chi connectivity index (χ3n) is 2.76. The highest BCUT2D eigenvalue weighted by molar-refractivity contribution is 7.16. The first kappa shape index (κ1) is 13.6. The van der Waals surface area contributed by atoms with Gasteiger partial charge < -0.3 is 15.5 Å². The summed E-state index contributed by atoms with van der Waals surface area (Å²) < 4.78 is 0. The fourth-order valence-electron chi connectivity index (χ4n) is 1.78. The SMILES string of the molecule is O=C(O)c1cc(Nc2nc(-c3cccs3)cs2)ccc1O. The number of aromatic carboxylic acids is 1. The second-order valence-electron chi connectivity index (χ2n) is 4.18. The van der Waals surface area contributed by atoms with Gasteiger partial charge in [0.25, 0.3) is 0 Å². The van der Waals surface area contributed by atoms with E-state index in [1.807, 2.05) is 22.9 Å². The summed E-state index contributed by atoms with van der Waals surface area (Å²) in [7, 11) is 0. The molecule has 0 atom stereocenters. The summed E-state index contributed by atoms with van der Waals surface area (Å²) in [5, 5.41) is 26.1. The Morgan fingerprint density at radius 1 is 1.24 bits per heavy atom. The van der Waals surface area contributed by atoms with Gasteiger partial charge in [0.05, 0.1) is 10.6 Å². The highest BCUT2D eigenvalue weighted by Crippen LogP contribution is 2.30. The summed E-state index contributed by atoms with van der Waals surface area (Å²) in [6, 6.07) is 8.29. The number of aromatic nitrogens is 1. The first-order valence-corrected chi connectivity index (χ1v) is 7.72. The number of phenols is 1. The van der Waals surface area contributed by atoms with Gasteiger partial charge in [-0.05, 0) is 29.6 Å². The number of thiophene rings is 1. The molecule has 0 radical (unpaired) electrons. The molecule has 0 bridgehead atoms. The van der Waals surface area contributed by atoms with Gasteiger partial charge in [-0.1, -0.05) is 6.07 Å². The predicted octanol–water partition coefficient (Wildman–Crippen LogP) is 4.02. The van der Waals surface area contributed by atoms with Crippen LogP contribution in [0.15, 0.2) is 41.1 Å². The number of hydrogen-bond acceptors (Lipinski definition) is 6. The number of nitrogens with zero attached hydrogens (tertiary/aromatic N) is 1. The lowest BCUT2D eigenvalue weighted by Crippen LogP contribution is -1.98. The van der Waals surface area contributed by atoms with Gasteiger partial charge in [-0.15, -0.1) is 22.7 Å². The summed E-state index contributed by atoms with van der Waals surface area (Å²) >= 11 is 3.05. The number of carbonyl (C=O) groups is 1. The van der Waals surface area contributed by atoms with E-state index in [0.29, 0.717) is 10.8 Å². The molecule has 2 heterocycles. The molecule has 3 N–H and O–H groups in total. The Morgan fingerprint density at radius 3 is 2.81 bits per heavy atom. The maximum absolute atomic E-state index is 11.0. The van der Waals surface area contributed by atoms with Crippen LogP contribution in [0.2, 0.25) is 0 Å². The van der Waals surface area contributed by atoms with Crippen molar-refractivity contribution in [2.24, 2.45) is 0 Å². The lowest BCUT2D eigenvalue weighted by Gasteiger charge is -2.05. The minimum Gasteiger partial charge on any atom is -0.507 e. The molecule has 3 rings (SSSR count). The molecule has 0 spiro atoms. The van der Waals surface area contributed by atoms with E-state index >= 15 is 0 Å². The van der Waals surface area contributed by atoms with E-state index in [1.165, 1.54) is 23.5 Å². The number of nitrogens with one attached hydrogen (secondary N) is 1. The lowest BCUT2D eigenvalue weighted by atomic mass is 10.2. The molecular formula is C14H10N2O3S2. The minimum absolute atomic E-state index is 0.143. The van der Waals surface area contributed by atoms with Crippen molar-refractivity contribution in [1.29, 1.82) is 0 Å². The van der Waals surface area contributed by atoms with Gasteiger partial charge in [-0.25, -0.2) is 9.78 Å². The van der Waals surface area contributed by atoms with Crippen LogP contribution in [0.1, 0.15) is 10.4 Å². The molecule has 0 aliphatic carbocycles. The topological polar surface area (TPSA) is 82.5 Å².